The second kappa shape index (κ2) is 6.33. The summed E-state index contributed by atoms with van der Waals surface area (Å²) in [6, 6.07) is 6.21. The minimum atomic E-state index is -0.433. The highest BCUT2D eigenvalue weighted by molar-refractivity contribution is 6.29. The van der Waals surface area contributed by atoms with Crippen molar-refractivity contribution in [1.29, 1.82) is 0 Å². The van der Waals surface area contributed by atoms with Crippen molar-refractivity contribution in [3.05, 3.63) is 63.2 Å². The molecule has 0 aliphatic heterocycles. The van der Waals surface area contributed by atoms with Crippen LogP contribution in [0.15, 0.2) is 41.5 Å². The Morgan fingerprint density at radius 3 is 2.50 bits per heavy atom. The summed E-state index contributed by atoms with van der Waals surface area (Å²) >= 11 is 5.72. The number of ether oxygens (including phenoxy) is 2. The van der Waals surface area contributed by atoms with Crippen LogP contribution in [0, 0.1) is 0 Å². The van der Waals surface area contributed by atoms with Gasteiger partial charge in [-0.1, -0.05) is 11.6 Å². The fourth-order valence-corrected chi connectivity index (χ4v) is 2.49. The van der Waals surface area contributed by atoms with Gasteiger partial charge >= 0.3 is 0 Å². The molecule has 2 aromatic heterocycles. The van der Waals surface area contributed by atoms with Gasteiger partial charge in [0.05, 0.1) is 30.7 Å². The van der Waals surface area contributed by atoms with Crippen LogP contribution in [0.3, 0.4) is 0 Å². The number of H-pyrrole nitrogens is 1. The lowest BCUT2D eigenvalue weighted by Crippen LogP contribution is -2.17. The van der Waals surface area contributed by atoms with Gasteiger partial charge in [-0.2, -0.15) is 0 Å². The zero-order chi connectivity index (χ0) is 17.3. The molecule has 0 amide bonds. The van der Waals surface area contributed by atoms with Crippen LogP contribution in [0.4, 0.5) is 0 Å². The van der Waals surface area contributed by atoms with Gasteiger partial charge in [-0.15, -0.1) is 0 Å². The van der Waals surface area contributed by atoms with Gasteiger partial charge in [0.25, 0.3) is 0 Å². The normalized spacial score (nSPS) is 10.6. The van der Waals surface area contributed by atoms with E-state index in [0.29, 0.717) is 22.4 Å². The van der Waals surface area contributed by atoms with E-state index in [1.54, 1.807) is 12.1 Å². The molecule has 6 nitrogen and oxygen atoms in total. The number of hydrogen-bond acceptors (Lipinski definition) is 5. The van der Waals surface area contributed by atoms with Crippen LogP contribution in [0.5, 0.6) is 11.5 Å². The fraction of sp³-hybridized carbons (Fsp3) is 0.118. The second-order valence-corrected chi connectivity index (χ2v) is 5.37. The first kappa shape index (κ1) is 16.0. The number of aromatic nitrogens is 2. The maximum atomic E-state index is 12.7. The Labute approximate surface area is 142 Å². The fourth-order valence-electron chi connectivity index (χ4n) is 2.38. The molecule has 7 heteroatoms. The Morgan fingerprint density at radius 1 is 1.17 bits per heavy atom. The number of ketones is 1. The van der Waals surface area contributed by atoms with E-state index >= 15 is 0 Å². The first-order valence-corrected chi connectivity index (χ1v) is 7.36. The molecular formula is C17H13ClN2O4. The summed E-state index contributed by atoms with van der Waals surface area (Å²) in [7, 11) is 2.99. The molecule has 2 heterocycles. The van der Waals surface area contributed by atoms with Crippen LogP contribution < -0.4 is 14.9 Å². The molecule has 24 heavy (non-hydrogen) atoms. The van der Waals surface area contributed by atoms with Crippen LogP contribution >= 0.6 is 11.6 Å². The molecule has 0 atom stereocenters. The molecule has 3 rings (SSSR count). The Bertz CT molecular complexity index is 980. The third kappa shape index (κ3) is 2.72. The Morgan fingerprint density at radius 2 is 1.88 bits per heavy atom. The SMILES string of the molecule is COc1cc2[nH]cc(C(=O)c3ccc(Cl)nc3)c(=O)c2cc1OC. The summed E-state index contributed by atoms with van der Waals surface area (Å²) in [4.78, 5) is 32.0. The van der Waals surface area contributed by atoms with Gasteiger partial charge < -0.3 is 14.5 Å². The average Bonchev–Trinajstić information content (AvgIpc) is 2.61. The van der Waals surface area contributed by atoms with Gasteiger partial charge in [-0.25, -0.2) is 4.98 Å². The highest BCUT2D eigenvalue weighted by Crippen LogP contribution is 2.30. The molecule has 1 aromatic carbocycles. The summed E-state index contributed by atoms with van der Waals surface area (Å²) in [6.45, 7) is 0. The third-order valence-corrected chi connectivity index (χ3v) is 3.84. The van der Waals surface area contributed by atoms with E-state index < -0.39 is 11.2 Å². The highest BCUT2D eigenvalue weighted by Gasteiger charge is 2.17. The number of methoxy groups -OCH3 is 2. The quantitative estimate of drug-likeness (QED) is 0.581. The van der Waals surface area contributed by atoms with Crippen molar-refractivity contribution in [1.82, 2.24) is 9.97 Å². The van der Waals surface area contributed by atoms with Gasteiger partial charge in [0, 0.05) is 24.0 Å². The molecule has 122 valence electrons. The number of nitrogens with one attached hydrogen (secondary N) is 1. The predicted octanol–water partition coefficient (Wildman–Crippen LogP) is 2.82. The molecule has 0 saturated heterocycles. The monoisotopic (exact) mass is 344 g/mol. The van der Waals surface area contributed by atoms with Gasteiger partial charge in [0.2, 0.25) is 5.43 Å². The summed E-state index contributed by atoms with van der Waals surface area (Å²) < 4.78 is 10.4. The number of benzene rings is 1. The third-order valence-electron chi connectivity index (χ3n) is 3.62. The first-order chi connectivity index (χ1) is 11.5. The van der Waals surface area contributed by atoms with E-state index in [-0.39, 0.29) is 16.3 Å². The zero-order valence-electron chi connectivity index (χ0n) is 12.9. The molecule has 3 aromatic rings. The minimum absolute atomic E-state index is 0.0128. The summed E-state index contributed by atoms with van der Waals surface area (Å²) in [5, 5.41) is 0.608. The molecule has 0 aliphatic rings. The van der Waals surface area contributed by atoms with E-state index in [0.717, 1.165) is 0 Å². The van der Waals surface area contributed by atoms with Crippen molar-refractivity contribution in [3.63, 3.8) is 0 Å². The molecule has 0 fully saturated rings. The molecule has 0 aliphatic carbocycles. The molecule has 0 saturated carbocycles. The molecule has 0 spiro atoms. The summed E-state index contributed by atoms with van der Waals surface area (Å²) in [6.07, 6.45) is 2.72. The number of fused-ring (bicyclic) bond motifs is 1. The van der Waals surface area contributed by atoms with E-state index in [2.05, 4.69) is 9.97 Å². The van der Waals surface area contributed by atoms with Crippen molar-refractivity contribution in [3.8, 4) is 11.5 Å². The average molecular weight is 345 g/mol. The van der Waals surface area contributed by atoms with Crippen molar-refractivity contribution in [2.75, 3.05) is 14.2 Å². The number of hydrogen-bond donors (Lipinski definition) is 1. The lowest BCUT2D eigenvalue weighted by Gasteiger charge is -2.09. The maximum Gasteiger partial charge on any atom is 0.200 e. The van der Waals surface area contributed by atoms with Crippen molar-refractivity contribution < 1.29 is 14.3 Å². The van der Waals surface area contributed by atoms with Gasteiger partial charge in [-0.3, -0.25) is 9.59 Å². The molecule has 0 radical (unpaired) electrons. The molecule has 0 unspecified atom stereocenters. The smallest absolute Gasteiger partial charge is 0.200 e. The topological polar surface area (TPSA) is 81.3 Å². The minimum Gasteiger partial charge on any atom is -0.493 e. The van der Waals surface area contributed by atoms with E-state index in [4.69, 9.17) is 21.1 Å². The number of rotatable bonds is 4. The number of aromatic amines is 1. The van der Waals surface area contributed by atoms with Gasteiger partial charge in [0.15, 0.2) is 17.3 Å². The van der Waals surface area contributed by atoms with Gasteiger partial charge in [0.1, 0.15) is 5.15 Å². The highest BCUT2D eigenvalue weighted by atomic mass is 35.5. The van der Waals surface area contributed by atoms with E-state index in [9.17, 15) is 9.59 Å². The largest absolute Gasteiger partial charge is 0.493 e. The Kier molecular flexibility index (Phi) is 4.22. The first-order valence-electron chi connectivity index (χ1n) is 6.99. The number of halogens is 1. The zero-order valence-corrected chi connectivity index (χ0v) is 13.7. The van der Waals surface area contributed by atoms with Crippen LogP contribution in [0.2, 0.25) is 5.15 Å². The Hall–Kier alpha value is -2.86. The predicted molar refractivity (Wildman–Crippen MR) is 90.4 cm³/mol. The van der Waals surface area contributed by atoms with Crippen molar-refractivity contribution >= 4 is 28.3 Å². The van der Waals surface area contributed by atoms with Crippen molar-refractivity contribution in [2.45, 2.75) is 0 Å². The summed E-state index contributed by atoms with van der Waals surface area (Å²) in [5.74, 6) is 0.465. The van der Waals surface area contributed by atoms with Gasteiger partial charge in [-0.05, 0) is 18.2 Å². The van der Waals surface area contributed by atoms with Crippen LogP contribution in [-0.4, -0.2) is 30.0 Å². The number of nitrogens with zero attached hydrogens (tertiary/aromatic N) is 1. The molecule has 0 bridgehead atoms. The number of carbonyl (C=O) groups is 1. The lowest BCUT2D eigenvalue weighted by atomic mass is 10.0. The number of carbonyl (C=O) groups excluding carboxylic acids is 1. The van der Waals surface area contributed by atoms with Crippen LogP contribution in [-0.2, 0) is 0 Å². The van der Waals surface area contributed by atoms with Crippen LogP contribution in [0.1, 0.15) is 15.9 Å². The lowest BCUT2D eigenvalue weighted by molar-refractivity contribution is 0.103. The van der Waals surface area contributed by atoms with E-state index in [1.165, 1.54) is 38.7 Å². The number of pyridine rings is 2. The van der Waals surface area contributed by atoms with Crippen molar-refractivity contribution in [2.24, 2.45) is 0 Å². The molecule has 1 N–H and O–H groups in total. The Balaban J connectivity index is 2.16. The summed E-state index contributed by atoms with van der Waals surface area (Å²) in [5.41, 5.74) is 0.441. The maximum absolute atomic E-state index is 12.7. The van der Waals surface area contributed by atoms with Crippen LogP contribution in [0.25, 0.3) is 10.9 Å². The molecular weight excluding hydrogens is 332 g/mol. The van der Waals surface area contributed by atoms with E-state index in [1.807, 2.05) is 0 Å². The standard InChI is InChI=1S/C17H13ClN2O4/c1-23-13-5-10-12(6-14(13)24-2)19-8-11(17(10)22)16(21)9-3-4-15(18)20-7-9/h3-8H,1-2H3,(H,19,22). The second-order valence-electron chi connectivity index (χ2n) is 4.98.